The van der Waals surface area contributed by atoms with Gasteiger partial charge in [-0.15, -0.1) is 0 Å². The van der Waals surface area contributed by atoms with E-state index in [9.17, 15) is 4.79 Å². The van der Waals surface area contributed by atoms with Crippen molar-refractivity contribution in [1.29, 1.82) is 0 Å². The molecule has 0 heterocycles. The molecule has 4 nitrogen and oxygen atoms in total. The smallest absolute Gasteiger partial charge is 0.335 e. The highest BCUT2D eigenvalue weighted by molar-refractivity contribution is 6.30. The molecular formula is C15H13ClN2O2. The maximum absolute atomic E-state index is 10.7. The molecule has 0 saturated heterocycles. The summed E-state index contributed by atoms with van der Waals surface area (Å²) in [4.78, 5) is 10.7. The summed E-state index contributed by atoms with van der Waals surface area (Å²) in [5.41, 5.74) is 5.74. The van der Waals surface area contributed by atoms with Crippen LogP contribution >= 0.6 is 11.6 Å². The number of aromatic carboxylic acids is 1. The van der Waals surface area contributed by atoms with Gasteiger partial charge in [0.2, 0.25) is 0 Å². The van der Waals surface area contributed by atoms with Crippen molar-refractivity contribution in [2.45, 2.75) is 6.92 Å². The van der Waals surface area contributed by atoms with E-state index in [2.05, 4.69) is 10.5 Å². The maximum atomic E-state index is 10.7. The Morgan fingerprint density at radius 3 is 2.55 bits per heavy atom. The normalized spacial score (nSPS) is 10.7. The standard InChI is InChI=1S/C15H13ClN2O2/c1-10-6-11(8-13(16)7-10)9-17-18-14-4-2-12(3-5-14)15(19)20/h2-9,18H,1H3,(H,19,20)/b17-9+. The predicted octanol–water partition coefficient (Wildman–Crippen LogP) is 3.79. The van der Waals surface area contributed by atoms with Crippen molar-refractivity contribution in [3.63, 3.8) is 0 Å². The van der Waals surface area contributed by atoms with E-state index in [1.807, 2.05) is 25.1 Å². The molecule has 0 radical (unpaired) electrons. The summed E-state index contributed by atoms with van der Waals surface area (Å²) in [5, 5.41) is 13.5. The lowest BCUT2D eigenvalue weighted by Crippen LogP contribution is -1.96. The zero-order valence-corrected chi connectivity index (χ0v) is 11.6. The molecule has 0 spiro atoms. The van der Waals surface area contributed by atoms with Crippen LogP contribution in [0.15, 0.2) is 47.6 Å². The number of hydrazone groups is 1. The Balaban J connectivity index is 2.04. The van der Waals surface area contributed by atoms with E-state index in [1.165, 1.54) is 12.1 Å². The molecule has 0 aliphatic rings. The number of benzene rings is 2. The number of rotatable bonds is 4. The van der Waals surface area contributed by atoms with E-state index in [4.69, 9.17) is 16.7 Å². The van der Waals surface area contributed by atoms with Crippen LogP contribution in [0.5, 0.6) is 0 Å². The monoisotopic (exact) mass is 288 g/mol. The minimum atomic E-state index is -0.950. The maximum Gasteiger partial charge on any atom is 0.335 e. The molecule has 2 aromatic rings. The average Bonchev–Trinajstić information content (AvgIpc) is 2.38. The summed E-state index contributed by atoms with van der Waals surface area (Å²) >= 11 is 5.96. The van der Waals surface area contributed by atoms with Crippen LogP contribution in [0.3, 0.4) is 0 Å². The van der Waals surface area contributed by atoms with E-state index in [0.29, 0.717) is 10.7 Å². The summed E-state index contributed by atoms with van der Waals surface area (Å²) < 4.78 is 0. The number of hydrogen-bond donors (Lipinski definition) is 2. The second-order valence-electron chi connectivity index (χ2n) is 4.31. The van der Waals surface area contributed by atoms with Crippen molar-refractivity contribution in [1.82, 2.24) is 0 Å². The van der Waals surface area contributed by atoms with Gasteiger partial charge in [-0.2, -0.15) is 5.10 Å². The van der Waals surface area contributed by atoms with Crippen LogP contribution in [-0.4, -0.2) is 17.3 Å². The van der Waals surface area contributed by atoms with Gasteiger partial charge in [-0.25, -0.2) is 4.79 Å². The number of hydrogen-bond acceptors (Lipinski definition) is 3. The van der Waals surface area contributed by atoms with Crippen LogP contribution in [-0.2, 0) is 0 Å². The van der Waals surface area contributed by atoms with Gasteiger partial charge in [0.1, 0.15) is 0 Å². The summed E-state index contributed by atoms with van der Waals surface area (Å²) in [6.07, 6.45) is 1.66. The molecule has 5 heteroatoms. The highest BCUT2D eigenvalue weighted by Crippen LogP contribution is 2.13. The molecule has 0 saturated carbocycles. The second-order valence-corrected chi connectivity index (χ2v) is 4.75. The largest absolute Gasteiger partial charge is 0.478 e. The molecule has 0 aromatic heterocycles. The number of halogens is 1. The zero-order valence-electron chi connectivity index (χ0n) is 10.8. The number of aryl methyl sites for hydroxylation is 1. The first-order valence-electron chi connectivity index (χ1n) is 5.94. The van der Waals surface area contributed by atoms with Gasteiger partial charge in [0.15, 0.2) is 0 Å². The first-order chi connectivity index (χ1) is 9.54. The minimum absolute atomic E-state index is 0.241. The van der Waals surface area contributed by atoms with E-state index in [1.54, 1.807) is 18.3 Å². The summed E-state index contributed by atoms with van der Waals surface area (Å²) in [6.45, 7) is 1.96. The van der Waals surface area contributed by atoms with Gasteiger partial charge in [-0.3, -0.25) is 5.43 Å². The average molecular weight is 289 g/mol. The Morgan fingerprint density at radius 2 is 1.95 bits per heavy atom. The topological polar surface area (TPSA) is 61.7 Å². The lowest BCUT2D eigenvalue weighted by Gasteiger charge is -2.01. The van der Waals surface area contributed by atoms with Crippen molar-refractivity contribution in [2.24, 2.45) is 5.10 Å². The Hall–Kier alpha value is -2.33. The van der Waals surface area contributed by atoms with Crippen LogP contribution in [0, 0.1) is 6.92 Å². The van der Waals surface area contributed by atoms with Gasteiger partial charge in [0.05, 0.1) is 17.5 Å². The summed E-state index contributed by atoms with van der Waals surface area (Å²) in [5.74, 6) is -0.950. The number of carbonyl (C=O) groups is 1. The number of carboxylic acids is 1. The lowest BCUT2D eigenvalue weighted by atomic mass is 10.1. The van der Waals surface area contributed by atoms with Crippen LogP contribution < -0.4 is 5.43 Å². The zero-order chi connectivity index (χ0) is 14.5. The first-order valence-corrected chi connectivity index (χ1v) is 6.32. The van der Waals surface area contributed by atoms with Crippen molar-refractivity contribution >= 4 is 29.5 Å². The number of carboxylic acid groups (broad SMARTS) is 1. The highest BCUT2D eigenvalue weighted by atomic mass is 35.5. The van der Waals surface area contributed by atoms with E-state index >= 15 is 0 Å². The second kappa shape index (κ2) is 6.21. The summed E-state index contributed by atoms with van der Waals surface area (Å²) in [7, 11) is 0. The molecule has 20 heavy (non-hydrogen) atoms. The SMILES string of the molecule is Cc1cc(Cl)cc(/C=N/Nc2ccc(C(=O)O)cc2)c1. The van der Waals surface area contributed by atoms with Crippen molar-refractivity contribution < 1.29 is 9.90 Å². The number of nitrogens with zero attached hydrogens (tertiary/aromatic N) is 1. The Kier molecular flexibility index (Phi) is 4.38. The Labute approximate surface area is 121 Å². The third-order valence-electron chi connectivity index (χ3n) is 2.60. The van der Waals surface area contributed by atoms with Gasteiger partial charge in [0.25, 0.3) is 0 Å². The van der Waals surface area contributed by atoms with Crippen molar-refractivity contribution in [3.8, 4) is 0 Å². The fourth-order valence-electron chi connectivity index (χ4n) is 1.71. The van der Waals surface area contributed by atoms with Crippen LogP contribution in [0.25, 0.3) is 0 Å². The molecule has 0 aliphatic heterocycles. The molecule has 2 aromatic carbocycles. The number of anilines is 1. The van der Waals surface area contributed by atoms with Crippen LogP contribution in [0.1, 0.15) is 21.5 Å². The molecule has 2 N–H and O–H groups in total. The van der Waals surface area contributed by atoms with Crippen molar-refractivity contribution in [2.75, 3.05) is 5.43 Å². The van der Waals surface area contributed by atoms with Gasteiger partial charge in [-0.1, -0.05) is 17.7 Å². The molecule has 0 unspecified atom stereocenters. The van der Waals surface area contributed by atoms with Crippen molar-refractivity contribution in [3.05, 3.63) is 64.2 Å². The minimum Gasteiger partial charge on any atom is -0.478 e. The van der Waals surface area contributed by atoms with Gasteiger partial charge in [0, 0.05) is 5.02 Å². The molecule has 102 valence electrons. The predicted molar refractivity (Wildman–Crippen MR) is 80.8 cm³/mol. The van der Waals surface area contributed by atoms with E-state index in [-0.39, 0.29) is 5.56 Å². The molecular weight excluding hydrogens is 276 g/mol. The third-order valence-corrected chi connectivity index (χ3v) is 2.82. The summed E-state index contributed by atoms with van der Waals surface area (Å²) in [6, 6.07) is 12.0. The third kappa shape index (κ3) is 3.83. The first kappa shape index (κ1) is 14.1. The molecule has 2 rings (SSSR count). The Morgan fingerprint density at radius 1 is 1.25 bits per heavy atom. The molecule has 0 atom stereocenters. The van der Waals surface area contributed by atoms with Gasteiger partial charge in [-0.05, 0) is 54.4 Å². The number of nitrogens with one attached hydrogen (secondary N) is 1. The lowest BCUT2D eigenvalue weighted by molar-refractivity contribution is 0.0697. The molecule has 0 aliphatic carbocycles. The van der Waals surface area contributed by atoms with E-state index in [0.717, 1.165) is 11.1 Å². The van der Waals surface area contributed by atoms with Crippen LogP contribution in [0.2, 0.25) is 5.02 Å². The molecule has 0 bridgehead atoms. The van der Waals surface area contributed by atoms with E-state index < -0.39 is 5.97 Å². The van der Waals surface area contributed by atoms with Gasteiger partial charge >= 0.3 is 5.97 Å². The molecule has 0 fully saturated rings. The van der Waals surface area contributed by atoms with Gasteiger partial charge < -0.3 is 5.11 Å². The quantitative estimate of drug-likeness (QED) is 0.664. The fraction of sp³-hybridized carbons (Fsp3) is 0.0667. The fourth-order valence-corrected chi connectivity index (χ4v) is 2.01. The molecule has 0 amide bonds. The highest BCUT2D eigenvalue weighted by Gasteiger charge is 2.00. The Bertz CT molecular complexity index is 631. The van der Waals surface area contributed by atoms with Crippen LogP contribution in [0.4, 0.5) is 5.69 Å².